The van der Waals surface area contributed by atoms with Crippen LogP contribution < -0.4 is 5.32 Å². The van der Waals surface area contributed by atoms with Crippen LogP contribution in [0.5, 0.6) is 0 Å². The predicted molar refractivity (Wildman–Crippen MR) is 63.6 cm³/mol. The molecule has 0 radical (unpaired) electrons. The van der Waals surface area contributed by atoms with Crippen LogP contribution in [-0.2, 0) is 4.79 Å². The minimum atomic E-state index is -0.0546. The van der Waals surface area contributed by atoms with Gasteiger partial charge in [-0.2, -0.15) is 0 Å². The van der Waals surface area contributed by atoms with E-state index < -0.39 is 0 Å². The van der Waals surface area contributed by atoms with Crippen LogP contribution in [0.25, 0.3) is 0 Å². The van der Waals surface area contributed by atoms with Gasteiger partial charge in [-0.3, -0.25) is 4.79 Å². The lowest BCUT2D eigenvalue weighted by Gasteiger charge is -2.41. The van der Waals surface area contributed by atoms with Gasteiger partial charge in [-0.25, -0.2) is 0 Å². The molecule has 1 saturated carbocycles. The first-order chi connectivity index (χ1) is 6.87. The van der Waals surface area contributed by atoms with E-state index in [0.717, 1.165) is 6.54 Å². The molecule has 1 N–H and O–H groups in total. The van der Waals surface area contributed by atoms with Gasteiger partial charge in [-0.1, -0.05) is 27.4 Å². The summed E-state index contributed by atoms with van der Waals surface area (Å²) >= 11 is 0. The molecule has 1 aliphatic rings. The smallest absolute Gasteiger partial charge is 0.243 e. The van der Waals surface area contributed by atoms with E-state index in [9.17, 15) is 4.79 Å². The van der Waals surface area contributed by atoms with Crippen molar-refractivity contribution in [3.05, 3.63) is 12.7 Å². The van der Waals surface area contributed by atoms with Crippen molar-refractivity contribution in [2.45, 2.75) is 46.5 Å². The molecule has 0 bridgehead atoms. The average molecular weight is 209 g/mol. The summed E-state index contributed by atoms with van der Waals surface area (Å²) in [6, 6.07) is 0. The first kappa shape index (κ1) is 12.3. The van der Waals surface area contributed by atoms with Crippen molar-refractivity contribution in [3.8, 4) is 0 Å². The molecule has 0 aromatic heterocycles. The van der Waals surface area contributed by atoms with Gasteiger partial charge in [0.25, 0.3) is 0 Å². The zero-order valence-corrected chi connectivity index (χ0v) is 10.2. The summed E-state index contributed by atoms with van der Waals surface area (Å²) < 4.78 is 0. The summed E-state index contributed by atoms with van der Waals surface area (Å²) in [6.07, 6.45) is 6.27. The number of carbonyl (C=O) groups is 1. The highest BCUT2D eigenvalue weighted by molar-refractivity contribution is 5.86. The van der Waals surface area contributed by atoms with Crippen LogP contribution in [0.4, 0.5) is 0 Å². The van der Waals surface area contributed by atoms with Crippen molar-refractivity contribution in [1.82, 2.24) is 5.32 Å². The molecule has 1 fully saturated rings. The summed E-state index contributed by atoms with van der Waals surface area (Å²) in [5.74, 6) is -0.0546. The van der Waals surface area contributed by atoms with E-state index in [4.69, 9.17) is 0 Å². The van der Waals surface area contributed by atoms with Gasteiger partial charge >= 0.3 is 0 Å². The Kier molecular flexibility index (Phi) is 3.58. The Balaban J connectivity index is 2.41. The maximum Gasteiger partial charge on any atom is 0.243 e. The highest BCUT2D eigenvalue weighted by Gasteiger charge is 2.34. The molecule has 2 nitrogen and oxygen atoms in total. The van der Waals surface area contributed by atoms with Crippen molar-refractivity contribution in [2.75, 3.05) is 6.54 Å². The third-order valence-corrected chi connectivity index (χ3v) is 3.69. The lowest BCUT2D eigenvalue weighted by molar-refractivity contribution is -0.117. The Hall–Kier alpha value is -0.790. The molecule has 0 unspecified atom stereocenters. The number of rotatable bonds is 3. The Morgan fingerprint density at radius 2 is 1.80 bits per heavy atom. The topological polar surface area (TPSA) is 29.1 Å². The third kappa shape index (κ3) is 3.69. The number of nitrogens with one attached hydrogen (secondary N) is 1. The number of hydrogen-bond acceptors (Lipinski definition) is 1. The minimum Gasteiger partial charge on any atom is -0.352 e. The van der Waals surface area contributed by atoms with E-state index in [1.807, 2.05) is 0 Å². The van der Waals surface area contributed by atoms with E-state index in [1.165, 1.54) is 31.8 Å². The summed E-state index contributed by atoms with van der Waals surface area (Å²) in [7, 11) is 0. The predicted octanol–water partition coefficient (Wildman–Crippen LogP) is 2.90. The van der Waals surface area contributed by atoms with Gasteiger partial charge < -0.3 is 5.32 Å². The molecule has 1 amide bonds. The second kappa shape index (κ2) is 4.38. The van der Waals surface area contributed by atoms with Crippen molar-refractivity contribution < 1.29 is 4.79 Å². The first-order valence-electron chi connectivity index (χ1n) is 5.77. The van der Waals surface area contributed by atoms with Crippen LogP contribution in [0.1, 0.15) is 46.5 Å². The standard InChI is InChI=1S/C13H23NO/c1-5-11(15)14-10-13(4)8-6-12(2,3)7-9-13/h5H,1,6-10H2,2-4H3,(H,14,15). The largest absolute Gasteiger partial charge is 0.352 e. The number of hydrogen-bond donors (Lipinski definition) is 1. The van der Waals surface area contributed by atoms with Gasteiger partial charge in [0.05, 0.1) is 0 Å². The molecule has 1 aliphatic carbocycles. The molecule has 0 aromatic rings. The maximum atomic E-state index is 11.1. The molecule has 0 aromatic carbocycles. The quantitative estimate of drug-likeness (QED) is 0.711. The van der Waals surface area contributed by atoms with E-state index in [-0.39, 0.29) is 11.3 Å². The highest BCUT2D eigenvalue weighted by atomic mass is 16.1. The van der Waals surface area contributed by atoms with Gasteiger partial charge in [0.1, 0.15) is 0 Å². The second-order valence-electron chi connectivity index (χ2n) is 5.90. The van der Waals surface area contributed by atoms with Crippen molar-refractivity contribution >= 4 is 5.91 Å². The van der Waals surface area contributed by atoms with Crippen molar-refractivity contribution in [2.24, 2.45) is 10.8 Å². The molecule has 15 heavy (non-hydrogen) atoms. The van der Waals surface area contributed by atoms with Gasteiger partial charge in [0.15, 0.2) is 0 Å². The van der Waals surface area contributed by atoms with Gasteiger partial charge in [0, 0.05) is 6.54 Å². The molecule has 2 heteroatoms. The molecule has 0 aliphatic heterocycles. The third-order valence-electron chi connectivity index (χ3n) is 3.69. The molecule has 1 rings (SSSR count). The van der Waals surface area contributed by atoms with Gasteiger partial charge in [0.2, 0.25) is 5.91 Å². The van der Waals surface area contributed by atoms with Crippen LogP contribution in [0.15, 0.2) is 12.7 Å². The number of carbonyl (C=O) groups excluding carboxylic acids is 1. The zero-order chi connectivity index (χ0) is 11.5. The molecule has 0 spiro atoms. The number of amides is 1. The second-order valence-corrected chi connectivity index (χ2v) is 5.90. The summed E-state index contributed by atoms with van der Waals surface area (Å²) in [5, 5.41) is 2.91. The molecular formula is C13H23NO. The fraction of sp³-hybridized carbons (Fsp3) is 0.769. The monoisotopic (exact) mass is 209 g/mol. The molecule has 0 atom stereocenters. The Morgan fingerprint density at radius 1 is 1.27 bits per heavy atom. The normalized spacial score (nSPS) is 23.1. The Bertz CT molecular complexity index is 245. The van der Waals surface area contributed by atoms with E-state index in [2.05, 4.69) is 32.7 Å². The molecule has 0 saturated heterocycles. The summed E-state index contributed by atoms with van der Waals surface area (Å²) in [5.41, 5.74) is 0.774. The van der Waals surface area contributed by atoms with Crippen LogP contribution in [0.2, 0.25) is 0 Å². The van der Waals surface area contributed by atoms with Gasteiger partial charge in [-0.05, 0) is 42.6 Å². The zero-order valence-electron chi connectivity index (χ0n) is 10.2. The van der Waals surface area contributed by atoms with Crippen LogP contribution in [-0.4, -0.2) is 12.5 Å². The van der Waals surface area contributed by atoms with Gasteiger partial charge in [-0.15, -0.1) is 0 Å². The maximum absolute atomic E-state index is 11.1. The van der Waals surface area contributed by atoms with E-state index >= 15 is 0 Å². The highest BCUT2D eigenvalue weighted by Crippen LogP contribution is 2.44. The van der Waals surface area contributed by atoms with E-state index in [1.54, 1.807) is 0 Å². The molecular weight excluding hydrogens is 186 g/mol. The Morgan fingerprint density at radius 3 is 2.27 bits per heavy atom. The van der Waals surface area contributed by atoms with Crippen molar-refractivity contribution in [3.63, 3.8) is 0 Å². The van der Waals surface area contributed by atoms with Crippen molar-refractivity contribution in [1.29, 1.82) is 0 Å². The summed E-state index contributed by atoms with van der Waals surface area (Å²) in [4.78, 5) is 11.1. The fourth-order valence-corrected chi connectivity index (χ4v) is 2.08. The lowest BCUT2D eigenvalue weighted by Crippen LogP contribution is -2.39. The lowest BCUT2D eigenvalue weighted by atomic mass is 9.66. The van der Waals surface area contributed by atoms with Crippen LogP contribution in [0.3, 0.4) is 0 Å². The Labute approximate surface area is 93.1 Å². The SMILES string of the molecule is C=CC(=O)NCC1(C)CCC(C)(C)CC1. The minimum absolute atomic E-state index is 0.0546. The van der Waals surface area contributed by atoms with E-state index in [0.29, 0.717) is 5.41 Å². The molecule has 0 heterocycles. The van der Waals surface area contributed by atoms with Crippen LogP contribution in [0, 0.1) is 10.8 Å². The fourth-order valence-electron chi connectivity index (χ4n) is 2.08. The van der Waals surface area contributed by atoms with Crippen LogP contribution >= 0.6 is 0 Å². The summed E-state index contributed by atoms with van der Waals surface area (Å²) in [6.45, 7) is 11.2. The first-order valence-corrected chi connectivity index (χ1v) is 5.77. The molecule has 86 valence electrons. The average Bonchev–Trinajstić information content (AvgIpc) is 2.20.